The van der Waals surface area contributed by atoms with Gasteiger partial charge in [0.25, 0.3) is 5.91 Å². The van der Waals surface area contributed by atoms with Crippen LogP contribution in [0.3, 0.4) is 0 Å². The molecule has 1 amide bonds. The molecule has 37 heavy (non-hydrogen) atoms. The van der Waals surface area contributed by atoms with Gasteiger partial charge in [-0.05, 0) is 61.6 Å². The van der Waals surface area contributed by atoms with Crippen molar-refractivity contribution in [2.45, 2.75) is 25.7 Å². The van der Waals surface area contributed by atoms with Crippen molar-refractivity contribution in [1.29, 1.82) is 0 Å². The fourth-order valence-corrected chi connectivity index (χ4v) is 3.94. The topological polar surface area (TPSA) is 128 Å². The number of unbranched alkanes of at least 4 members (excludes halogenated alkanes) is 1. The highest BCUT2D eigenvalue weighted by molar-refractivity contribution is 6.30. The third kappa shape index (κ3) is 10.9. The fraction of sp³-hybridized carbons (Fsp3) is 0.296. The first-order valence-electron chi connectivity index (χ1n) is 11.8. The second-order valence-electron chi connectivity index (χ2n) is 8.05. The van der Waals surface area contributed by atoms with Crippen LogP contribution in [-0.4, -0.2) is 54.8 Å². The number of fused-ring (bicyclic) bond motifs is 2. The molecule has 1 aliphatic heterocycles. The van der Waals surface area contributed by atoms with Crippen molar-refractivity contribution in [2.24, 2.45) is 0 Å². The quantitative estimate of drug-likeness (QED) is 0.196. The van der Waals surface area contributed by atoms with Crippen LogP contribution < -0.4 is 15.7 Å². The van der Waals surface area contributed by atoms with Gasteiger partial charge in [-0.25, -0.2) is 15.1 Å². The molecule has 0 aromatic heterocycles. The van der Waals surface area contributed by atoms with E-state index in [-0.39, 0.29) is 5.91 Å². The minimum atomic E-state index is -1.26. The third-order valence-electron chi connectivity index (χ3n) is 5.37. The summed E-state index contributed by atoms with van der Waals surface area (Å²) in [4.78, 5) is 37.3. The minimum Gasteiger partial charge on any atom is -0.478 e. The number of aryl methyl sites for hydroxylation is 2. The predicted octanol–water partition coefficient (Wildman–Crippen LogP) is 3.89. The molecule has 0 aliphatic carbocycles. The average molecular weight is 530 g/mol. The first-order valence-corrected chi connectivity index (χ1v) is 12.2. The van der Waals surface area contributed by atoms with Crippen LogP contribution in [0.2, 0.25) is 5.02 Å². The van der Waals surface area contributed by atoms with Gasteiger partial charge < -0.3 is 20.4 Å². The van der Waals surface area contributed by atoms with Gasteiger partial charge in [-0.1, -0.05) is 41.9 Å². The van der Waals surface area contributed by atoms with Crippen LogP contribution >= 0.6 is 11.6 Å². The zero-order valence-electron chi connectivity index (χ0n) is 20.7. The highest BCUT2D eigenvalue weighted by atomic mass is 35.5. The molecule has 0 spiro atoms. The van der Waals surface area contributed by atoms with Gasteiger partial charge in [-0.15, -0.1) is 0 Å². The van der Waals surface area contributed by atoms with E-state index in [2.05, 4.69) is 56.9 Å². The first kappa shape index (κ1) is 29.6. The molecule has 0 bridgehead atoms. The first-order chi connectivity index (χ1) is 17.8. The van der Waals surface area contributed by atoms with Crippen LogP contribution in [0.25, 0.3) is 0 Å². The molecule has 9 nitrogen and oxygen atoms in total. The zero-order valence-corrected chi connectivity index (χ0v) is 21.4. The van der Waals surface area contributed by atoms with Crippen molar-refractivity contribution in [2.75, 3.05) is 31.6 Å². The Balaban J connectivity index is 0.000000521. The summed E-state index contributed by atoms with van der Waals surface area (Å²) in [5, 5.41) is 19.7. The van der Waals surface area contributed by atoms with Gasteiger partial charge in [-0.2, -0.15) is 0 Å². The Morgan fingerprint density at radius 3 is 2.32 bits per heavy atom. The van der Waals surface area contributed by atoms with E-state index >= 15 is 0 Å². The summed E-state index contributed by atoms with van der Waals surface area (Å²) >= 11 is 6.32. The van der Waals surface area contributed by atoms with Crippen molar-refractivity contribution >= 4 is 40.8 Å². The Morgan fingerprint density at radius 2 is 1.65 bits per heavy atom. The summed E-state index contributed by atoms with van der Waals surface area (Å²) in [6, 6.07) is 14.9. The minimum absolute atomic E-state index is 0.258. The lowest BCUT2D eigenvalue weighted by Crippen LogP contribution is -2.22. The number of nitrogens with zero attached hydrogens (tertiary/aromatic N) is 1. The molecule has 4 N–H and O–H groups in total. The molecule has 198 valence electrons. The number of nitrogens with one attached hydrogen (secondary N) is 2. The number of rotatable bonds is 11. The van der Waals surface area contributed by atoms with Crippen molar-refractivity contribution < 1.29 is 29.4 Å². The van der Waals surface area contributed by atoms with Crippen LogP contribution in [0.15, 0.2) is 66.8 Å². The SMILES string of the molecule is CONC(=O)/C=C/CNCCCCN1c2ccccc2CCc2ccc(Cl)cc21.O=C(O)/C=C\C(=O)O. The smallest absolute Gasteiger partial charge is 0.328 e. The third-order valence-corrected chi connectivity index (χ3v) is 5.61. The number of amides is 1. The lowest BCUT2D eigenvalue weighted by atomic mass is 10.0. The van der Waals surface area contributed by atoms with E-state index in [0.717, 1.165) is 43.8 Å². The van der Waals surface area contributed by atoms with Gasteiger partial charge in [0, 0.05) is 47.7 Å². The van der Waals surface area contributed by atoms with Gasteiger partial charge in [-0.3, -0.25) is 9.63 Å². The lowest BCUT2D eigenvalue weighted by molar-refractivity contribution is -0.134. The Hall–Kier alpha value is -3.66. The van der Waals surface area contributed by atoms with Crippen LogP contribution in [0.5, 0.6) is 0 Å². The van der Waals surface area contributed by atoms with Gasteiger partial charge in [0.15, 0.2) is 0 Å². The molecule has 0 atom stereocenters. The van der Waals surface area contributed by atoms with Crippen molar-refractivity contribution in [3.05, 3.63) is 82.9 Å². The Labute approximate surface area is 221 Å². The molecule has 0 radical (unpaired) electrons. The molecule has 3 rings (SSSR count). The lowest BCUT2D eigenvalue weighted by Gasteiger charge is -2.27. The van der Waals surface area contributed by atoms with Gasteiger partial charge in [0.1, 0.15) is 0 Å². The van der Waals surface area contributed by atoms with E-state index in [1.54, 1.807) is 6.08 Å². The molecule has 10 heteroatoms. The zero-order chi connectivity index (χ0) is 27.0. The van der Waals surface area contributed by atoms with E-state index in [9.17, 15) is 14.4 Å². The van der Waals surface area contributed by atoms with E-state index in [1.807, 2.05) is 6.07 Å². The molecule has 1 aliphatic rings. The van der Waals surface area contributed by atoms with E-state index < -0.39 is 11.9 Å². The average Bonchev–Trinajstić information content (AvgIpc) is 3.01. The number of carboxylic acids is 2. The van der Waals surface area contributed by atoms with Crippen LogP contribution in [0.1, 0.15) is 24.0 Å². The molecule has 1 heterocycles. The summed E-state index contributed by atoms with van der Waals surface area (Å²) in [6.45, 7) is 2.49. The normalized spacial score (nSPS) is 12.3. The summed E-state index contributed by atoms with van der Waals surface area (Å²) in [5.74, 6) is -2.77. The van der Waals surface area contributed by atoms with Gasteiger partial charge in [0.05, 0.1) is 7.11 Å². The van der Waals surface area contributed by atoms with Gasteiger partial charge >= 0.3 is 11.9 Å². The fourth-order valence-electron chi connectivity index (χ4n) is 3.77. The molecular formula is C27H32ClN3O6. The van der Waals surface area contributed by atoms with Gasteiger partial charge in [0.2, 0.25) is 0 Å². The van der Waals surface area contributed by atoms with Crippen molar-refractivity contribution in [3.8, 4) is 0 Å². The van der Waals surface area contributed by atoms with Crippen LogP contribution in [0.4, 0.5) is 11.4 Å². The molecule has 0 fully saturated rings. The number of anilines is 2. The summed E-state index contributed by atoms with van der Waals surface area (Å²) in [6.07, 6.45) is 8.55. The maximum atomic E-state index is 11.2. The highest BCUT2D eigenvalue weighted by Gasteiger charge is 2.20. The monoisotopic (exact) mass is 529 g/mol. The molecule has 0 saturated carbocycles. The van der Waals surface area contributed by atoms with E-state index in [4.69, 9.17) is 21.8 Å². The molecule has 2 aromatic rings. The number of aliphatic carboxylic acids is 2. The van der Waals surface area contributed by atoms with Crippen LogP contribution in [-0.2, 0) is 32.1 Å². The molecule has 2 aromatic carbocycles. The highest BCUT2D eigenvalue weighted by Crippen LogP contribution is 2.37. The maximum Gasteiger partial charge on any atom is 0.328 e. The number of carboxylic acid groups (broad SMARTS) is 2. The number of benzene rings is 2. The summed E-state index contributed by atoms with van der Waals surface area (Å²) in [5.41, 5.74) is 7.50. The second kappa shape index (κ2) is 16.2. The number of hydrogen-bond donors (Lipinski definition) is 4. The number of para-hydroxylation sites is 1. The molecular weight excluding hydrogens is 498 g/mol. The van der Waals surface area contributed by atoms with E-state index in [0.29, 0.717) is 18.7 Å². The van der Waals surface area contributed by atoms with Crippen LogP contribution in [0, 0.1) is 0 Å². The van der Waals surface area contributed by atoms with E-state index in [1.165, 1.54) is 35.7 Å². The Kier molecular flexibility index (Phi) is 12.9. The number of hydroxylamine groups is 1. The summed E-state index contributed by atoms with van der Waals surface area (Å²) in [7, 11) is 1.42. The maximum absolute atomic E-state index is 11.2. The molecule has 0 unspecified atom stereocenters. The number of halogens is 1. The number of carbonyl (C=O) groups excluding carboxylic acids is 1. The summed E-state index contributed by atoms with van der Waals surface area (Å²) < 4.78 is 0. The Bertz CT molecular complexity index is 1100. The predicted molar refractivity (Wildman–Crippen MR) is 143 cm³/mol. The second-order valence-corrected chi connectivity index (χ2v) is 8.48. The molecule has 0 saturated heterocycles. The largest absolute Gasteiger partial charge is 0.478 e. The number of carbonyl (C=O) groups is 3. The Morgan fingerprint density at radius 1 is 0.973 bits per heavy atom. The van der Waals surface area contributed by atoms with Crippen molar-refractivity contribution in [3.63, 3.8) is 0 Å². The standard InChI is InChI=1S/C23H28ClN3O2.C4H4O4/c1-29-26-23(28)9-6-15-25-14-4-5-16-27-21-8-3-2-7-18(21)10-11-19-12-13-20(24)17-22(19)27;5-3(6)1-2-4(7)8/h2-3,6-9,12-13,17,25H,4-5,10-11,14-16H2,1H3,(H,26,28);1-2H,(H,5,6)(H,7,8)/b9-6+;2-1-. The van der Waals surface area contributed by atoms with Crippen molar-refractivity contribution in [1.82, 2.24) is 10.8 Å². The number of hydrogen-bond acceptors (Lipinski definition) is 6.